The number of hydrogen-bond donors (Lipinski definition) is 2. The van der Waals surface area contributed by atoms with Crippen molar-refractivity contribution in [1.82, 2.24) is 0 Å². The number of rotatable bonds is 5. The zero-order chi connectivity index (χ0) is 11.8. The third-order valence-electron chi connectivity index (χ3n) is 2.61. The Labute approximate surface area is 96.7 Å². The quantitative estimate of drug-likeness (QED) is 0.669. The van der Waals surface area contributed by atoms with Crippen molar-refractivity contribution >= 4 is 5.91 Å². The first-order valence-corrected chi connectivity index (χ1v) is 5.87. The molecule has 0 aliphatic heterocycles. The van der Waals surface area contributed by atoms with Crippen molar-refractivity contribution in [2.24, 2.45) is 11.5 Å². The molecule has 4 heteroatoms. The van der Waals surface area contributed by atoms with Gasteiger partial charge in [-0.1, -0.05) is 12.3 Å². The van der Waals surface area contributed by atoms with Gasteiger partial charge in [0.1, 0.15) is 12.2 Å². The van der Waals surface area contributed by atoms with E-state index in [9.17, 15) is 4.79 Å². The molecule has 0 heterocycles. The molecule has 4 N–H and O–H groups in total. The summed E-state index contributed by atoms with van der Waals surface area (Å²) in [5.74, 6) is 5.66. The highest BCUT2D eigenvalue weighted by molar-refractivity contribution is 5.78. The molecule has 0 saturated heterocycles. The van der Waals surface area contributed by atoms with E-state index in [0.29, 0.717) is 13.0 Å². The van der Waals surface area contributed by atoms with Crippen molar-refractivity contribution in [1.29, 1.82) is 0 Å². The summed E-state index contributed by atoms with van der Waals surface area (Å²) in [6.45, 7) is 0.397. The summed E-state index contributed by atoms with van der Waals surface area (Å²) < 4.78 is 5.60. The van der Waals surface area contributed by atoms with E-state index in [1.165, 1.54) is 6.42 Å². The fraction of sp³-hybridized carbons (Fsp3) is 0.750. The van der Waals surface area contributed by atoms with Gasteiger partial charge in [-0.25, -0.2) is 0 Å². The summed E-state index contributed by atoms with van der Waals surface area (Å²) >= 11 is 0. The van der Waals surface area contributed by atoms with Crippen LogP contribution in [0.1, 0.15) is 38.5 Å². The maximum Gasteiger partial charge on any atom is 0.246 e. The van der Waals surface area contributed by atoms with Gasteiger partial charge in [0.05, 0.1) is 0 Å². The van der Waals surface area contributed by atoms with E-state index >= 15 is 0 Å². The monoisotopic (exact) mass is 224 g/mol. The Bertz CT molecular complexity index is 280. The molecule has 0 radical (unpaired) electrons. The molecule has 0 bridgehead atoms. The number of nitrogens with two attached hydrogens (primary N) is 2. The maximum absolute atomic E-state index is 11.1. The molecule has 1 amide bonds. The molecular weight excluding hydrogens is 204 g/mol. The van der Waals surface area contributed by atoms with Crippen molar-refractivity contribution in [2.75, 3.05) is 6.54 Å². The van der Waals surface area contributed by atoms with E-state index in [1.54, 1.807) is 0 Å². The lowest BCUT2D eigenvalue weighted by molar-refractivity contribution is -0.132. The molecule has 0 saturated carbocycles. The minimum atomic E-state index is -0.594. The summed E-state index contributed by atoms with van der Waals surface area (Å²) in [4.78, 5) is 11.1. The van der Waals surface area contributed by atoms with Crippen molar-refractivity contribution in [3.8, 4) is 11.8 Å². The highest BCUT2D eigenvalue weighted by Gasteiger charge is 2.19. The number of amides is 1. The van der Waals surface area contributed by atoms with Crippen molar-refractivity contribution in [3.05, 3.63) is 0 Å². The number of hydrogen-bond acceptors (Lipinski definition) is 3. The Morgan fingerprint density at radius 3 is 2.94 bits per heavy atom. The molecule has 90 valence electrons. The van der Waals surface area contributed by atoms with Crippen LogP contribution in [-0.4, -0.2) is 24.7 Å². The molecule has 4 nitrogen and oxygen atoms in total. The van der Waals surface area contributed by atoms with Crippen molar-refractivity contribution in [2.45, 2.75) is 50.7 Å². The van der Waals surface area contributed by atoms with Crippen LogP contribution in [0.4, 0.5) is 0 Å². The number of primary amides is 1. The normalized spacial score (nSPS) is 22.4. The van der Waals surface area contributed by atoms with Crippen LogP contribution in [0.2, 0.25) is 0 Å². The minimum absolute atomic E-state index is 0.163. The Hall–Kier alpha value is -1.05. The van der Waals surface area contributed by atoms with Crippen LogP contribution < -0.4 is 11.5 Å². The van der Waals surface area contributed by atoms with Crippen LogP contribution in [0, 0.1) is 11.8 Å². The third-order valence-corrected chi connectivity index (χ3v) is 2.61. The van der Waals surface area contributed by atoms with E-state index in [0.717, 1.165) is 25.7 Å². The predicted molar refractivity (Wildman–Crippen MR) is 62.4 cm³/mol. The van der Waals surface area contributed by atoms with Crippen molar-refractivity contribution < 1.29 is 9.53 Å². The first kappa shape index (κ1) is 13.0. The van der Waals surface area contributed by atoms with Gasteiger partial charge in [-0.05, 0) is 32.2 Å². The summed E-state index contributed by atoms with van der Waals surface area (Å²) in [7, 11) is 0. The highest BCUT2D eigenvalue weighted by atomic mass is 16.5. The summed E-state index contributed by atoms with van der Waals surface area (Å²) in [5.41, 5.74) is 10.6. The van der Waals surface area contributed by atoms with Gasteiger partial charge < -0.3 is 16.2 Å². The standard InChI is InChI=1S/C12H20N2O2/c13-9-8-11(12(14)15)16-10-6-4-2-1-3-5-7-10/h10-11H,1-4,6,8-9,13H2,(H2,14,15). The first-order valence-electron chi connectivity index (χ1n) is 5.87. The van der Waals surface area contributed by atoms with E-state index in [1.807, 2.05) is 0 Å². The van der Waals surface area contributed by atoms with Crippen LogP contribution in [0.5, 0.6) is 0 Å². The number of carbonyl (C=O) groups excluding carboxylic acids is 1. The Balaban J connectivity index is 2.50. The minimum Gasteiger partial charge on any atom is -0.367 e. The zero-order valence-electron chi connectivity index (χ0n) is 9.58. The van der Waals surface area contributed by atoms with Gasteiger partial charge in [0, 0.05) is 6.42 Å². The van der Waals surface area contributed by atoms with Gasteiger partial charge in [0.25, 0.3) is 0 Å². The van der Waals surface area contributed by atoms with E-state index < -0.39 is 12.0 Å². The average molecular weight is 224 g/mol. The topological polar surface area (TPSA) is 78.3 Å². The average Bonchev–Trinajstić information content (AvgIpc) is 2.20. The lowest BCUT2D eigenvalue weighted by Gasteiger charge is -2.19. The van der Waals surface area contributed by atoms with Gasteiger partial charge in [-0.2, -0.15) is 0 Å². The fourth-order valence-electron chi connectivity index (χ4n) is 1.71. The molecule has 0 aromatic heterocycles. The second kappa shape index (κ2) is 7.26. The van der Waals surface area contributed by atoms with Crippen LogP contribution in [0.15, 0.2) is 0 Å². The summed E-state index contributed by atoms with van der Waals surface area (Å²) in [6, 6.07) is 0. The van der Waals surface area contributed by atoms with Crippen LogP contribution in [0.3, 0.4) is 0 Å². The van der Waals surface area contributed by atoms with Gasteiger partial charge in [0.2, 0.25) is 5.91 Å². The molecule has 16 heavy (non-hydrogen) atoms. The predicted octanol–water partition coefficient (Wildman–Crippen LogP) is 0.542. The van der Waals surface area contributed by atoms with Crippen LogP contribution >= 0.6 is 0 Å². The lowest BCUT2D eigenvalue weighted by Crippen LogP contribution is -2.36. The Morgan fingerprint density at radius 2 is 2.25 bits per heavy atom. The number of ether oxygens (including phenoxy) is 1. The van der Waals surface area contributed by atoms with Gasteiger partial charge >= 0.3 is 0 Å². The number of carbonyl (C=O) groups is 1. The molecule has 0 aromatic carbocycles. The maximum atomic E-state index is 11.1. The molecule has 2 atom stereocenters. The third kappa shape index (κ3) is 4.65. The molecule has 2 unspecified atom stereocenters. The molecular formula is C12H20N2O2. The molecule has 0 fully saturated rings. The van der Waals surface area contributed by atoms with Crippen LogP contribution in [0.25, 0.3) is 0 Å². The summed E-state index contributed by atoms with van der Waals surface area (Å²) in [6.07, 6.45) is 4.92. The molecule has 1 aliphatic carbocycles. The van der Waals surface area contributed by atoms with Gasteiger partial charge in [-0.3, -0.25) is 4.79 Å². The molecule has 0 spiro atoms. The largest absolute Gasteiger partial charge is 0.367 e. The van der Waals surface area contributed by atoms with Gasteiger partial charge in [-0.15, -0.1) is 5.92 Å². The molecule has 1 rings (SSSR count). The smallest absolute Gasteiger partial charge is 0.246 e. The van der Waals surface area contributed by atoms with E-state index in [2.05, 4.69) is 11.8 Å². The van der Waals surface area contributed by atoms with Crippen LogP contribution in [-0.2, 0) is 9.53 Å². The fourth-order valence-corrected chi connectivity index (χ4v) is 1.71. The molecule has 1 aliphatic rings. The second-order valence-electron chi connectivity index (χ2n) is 4.01. The second-order valence-corrected chi connectivity index (χ2v) is 4.01. The Morgan fingerprint density at radius 1 is 1.44 bits per heavy atom. The van der Waals surface area contributed by atoms with Crippen molar-refractivity contribution in [3.63, 3.8) is 0 Å². The Kier molecular flexibility index (Phi) is 5.91. The first-order chi connectivity index (χ1) is 7.74. The highest BCUT2D eigenvalue weighted by Crippen LogP contribution is 2.13. The molecule has 0 aromatic rings. The zero-order valence-corrected chi connectivity index (χ0v) is 9.58. The summed E-state index contributed by atoms with van der Waals surface area (Å²) in [5, 5.41) is 0. The SMILES string of the molecule is NCCC(OC1C#CCCCCC1)C(N)=O. The van der Waals surface area contributed by atoms with E-state index in [-0.39, 0.29) is 6.10 Å². The van der Waals surface area contributed by atoms with E-state index in [4.69, 9.17) is 16.2 Å². The lowest BCUT2D eigenvalue weighted by atomic mass is 10.1. The van der Waals surface area contributed by atoms with Gasteiger partial charge in [0.15, 0.2) is 0 Å².